The second-order valence-corrected chi connectivity index (χ2v) is 10.1. The maximum absolute atomic E-state index is 14.6. The molecule has 2 aromatic carbocycles. The summed E-state index contributed by atoms with van der Waals surface area (Å²) in [7, 11) is 1.41. The van der Waals surface area contributed by atoms with Crippen LogP contribution >= 0.6 is 11.6 Å². The Hall–Kier alpha value is -4.57. The van der Waals surface area contributed by atoms with E-state index in [0.29, 0.717) is 47.5 Å². The van der Waals surface area contributed by atoms with Crippen LogP contribution < -0.4 is 15.8 Å². The SMILES string of the molecule is CN(C(=O)O)c1ccc2c(c1)NC(=O)CCCC[C@H](n1ccc(-c3c(F)ccc(Cl)c3F)cc1=O)c1cc-2ccn1. The molecule has 11 heteroatoms. The van der Waals surface area contributed by atoms with Crippen LogP contribution in [0.5, 0.6) is 0 Å². The molecule has 2 amide bonds. The Balaban J connectivity index is 1.59. The fourth-order valence-electron chi connectivity index (χ4n) is 4.96. The predicted molar refractivity (Wildman–Crippen MR) is 152 cm³/mol. The van der Waals surface area contributed by atoms with E-state index in [1.54, 1.807) is 30.5 Å². The van der Waals surface area contributed by atoms with Gasteiger partial charge in [-0.05, 0) is 66.4 Å². The van der Waals surface area contributed by atoms with Crippen molar-refractivity contribution in [3.63, 3.8) is 0 Å². The number of hydrogen-bond acceptors (Lipinski definition) is 4. The average molecular weight is 579 g/mol. The molecule has 0 saturated carbocycles. The first-order chi connectivity index (χ1) is 19.6. The highest BCUT2D eigenvalue weighted by Gasteiger charge is 2.22. The van der Waals surface area contributed by atoms with Gasteiger partial charge in [-0.1, -0.05) is 24.1 Å². The van der Waals surface area contributed by atoms with E-state index in [2.05, 4.69) is 10.3 Å². The zero-order valence-corrected chi connectivity index (χ0v) is 22.7. The molecule has 0 aliphatic carbocycles. The molecule has 210 valence electrons. The van der Waals surface area contributed by atoms with E-state index in [-0.39, 0.29) is 28.5 Å². The smallest absolute Gasteiger partial charge is 0.411 e. The van der Waals surface area contributed by atoms with Gasteiger partial charge >= 0.3 is 6.09 Å². The van der Waals surface area contributed by atoms with E-state index >= 15 is 0 Å². The number of aromatic nitrogens is 2. The molecule has 4 aromatic rings. The number of benzene rings is 2. The molecule has 0 saturated heterocycles. The van der Waals surface area contributed by atoms with Gasteiger partial charge in [-0.15, -0.1) is 0 Å². The number of anilines is 2. The largest absolute Gasteiger partial charge is 0.465 e. The van der Waals surface area contributed by atoms with Crippen molar-refractivity contribution in [1.82, 2.24) is 9.55 Å². The van der Waals surface area contributed by atoms with Crippen molar-refractivity contribution >= 4 is 35.0 Å². The highest BCUT2D eigenvalue weighted by molar-refractivity contribution is 6.31. The molecule has 1 aliphatic heterocycles. The molecule has 2 aromatic heterocycles. The Morgan fingerprint density at radius 2 is 1.88 bits per heavy atom. The Morgan fingerprint density at radius 3 is 2.63 bits per heavy atom. The quantitative estimate of drug-likeness (QED) is 0.262. The number of carboxylic acid groups (broad SMARTS) is 1. The minimum atomic E-state index is -1.14. The summed E-state index contributed by atoms with van der Waals surface area (Å²) < 4.78 is 30.6. The third kappa shape index (κ3) is 5.69. The van der Waals surface area contributed by atoms with Gasteiger partial charge in [-0.2, -0.15) is 0 Å². The first-order valence-corrected chi connectivity index (χ1v) is 13.2. The van der Waals surface area contributed by atoms with Gasteiger partial charge in [0.1, 0.15) is 5.82 Å². The van der Waals surface area contributed by atoms with Crippen molar-refractivity contribution in [2.75, 3.05) is 17.3 Å². The van der Waals surface area contributed by atoms with Crippen LogP contribution in [0.3, 0.4) is 0 Å². The van der Waals surface area contributed by atoms with Crippen LogP contribution in [0.4, 0.5) is 25.0 Å². The van der Waals surface area contributed by atoms with Crippen LogP contribution in [0.25, 0.3) is 22.3 Å². The summed E-state index contributed by atoms with van der Waals surface area (Å²) in [4.78, 5) is 43.2. The molecule has 0 fully saturated rings. The van der Waals surface area contributed by atoms with Crippen molar-refractivity contribution in [2.24, 2.45) is 0 Å². The van der Waals surface area contributed by atoms with Crippen molar-refractivity contribution in [3.05, 3.63) is 99.7 Å². The number of hydrogen-bond donors (Lipinski definition) is 2. The number of nitrogens with one attached hydrogen (secondary N) is 1. The van der Waals surface area contributed by atoms with Crippen molar-refractivity contribution in [2.45, 2.75) is 31.7 Å². The van der Waals surface area contributed by atoms with Crippen LogP contribution in [0, 0.1) is 11.6 Å². The molecular formula is C30H25ClF2N4O4. The first kappa shape index (κ1) is 28.0. The number of nitrogens with zero attached hydrogens (tertiary/aromatic N) is 3. The molecule has 8 nitrogen and oxygen atoms in total. The van der Waals surface area contributed by atoms with Gasteiger partial charge in [0.05, 0.1) is 28.0 Å². The van der Waals surface area contributed by atoms with Gasteiger partial charge in [0.2, 0.25) is 5.91 Å². The lowest BCUT2D eigenvalue weighted by Crippen LogP contribution is -2.26. The molecule has 0 radical (unpaired) electrons. The second-order valence-electron chi connectivity index (χ2n) is 9.73. The summed E-state index contributed by atoms with van der Waals surface area (Å²) in [6, 6.07) is 12.8. The predicted octanol–water partition coefficient (Wildman–Crippen LogP) is 6.73. The van der Waals surface area contributed by atoms with Gasteiger partial charge < -0.3 is 15.0 Å². The minimum Gasteiger partial charge on any atom is -0.465 e. The van der Waals surface area contributed by atoms with E-state index < -0.39 is 29.3 Å². The van der Waals surface area contributed by atoms with Crippen LogP contribution in [-0.2, 0) is 4.79 Å². The summed E-state index contributed by atoms with van der Waals surface area (Å²) in [5.41, 5.74) is 1.97. The van der Waals surface area contributed by atoms with Gasteiger partial charge in [0.25, 0.3) is 5.56 Å². The molecule has 0 spiro atoms. The zero-order chi connectivity index (χ0) is 29.3. The molecule has 2 bridgehead atoms. The van der Waals surface area contributed by atoms with Crippen molar-refractivity contribution in [1.29, 1.82) is 0 Å². The number of pyridine rings is 2. The number of fused-ring (bicyclic) bond motifs is 4. The van der Waals surface area contributed by atoms with Crippen LogP contribution in [-0.4, -0.2) is 33.7 Å². The van der Waals surface area contributed by atoms with Gasteiger partial charge in [0.15, 0.2) is 5.82 Å². The van der Waals surface area contributed by atoms with Crippen molar-refractivity contribution in [3.8, 4) is 22.3 Å². The summed E-state index contributed by atoms with van der Waals surface area (Å²) in [6.45, 7) is 0. The second kappa shape index (κ2) is 11.5. The maximum atomic E-state index is 14.6. The first-order valence-electron chi connectivity index (χ1n) is 12.9. The molecule has 0 unspecified atom stereocenters. The number of carbonyl (C=O) groups is 2. The lowest BCUT2D eigenvalue weighted by atomic mass is 9.97. The summed E-state index contributed by atoms with van der Waals surface area (Å²) >= 11 is 5.85. The number of amides is 2. The average Bonchev–Trinajstić information content (AvgIpc) is 2.95. The molecule has 1 aliphatic rings. The van der Waals surface area contributed by atoms with E-state index in [1.807, 2.05) is 6.07 Å². The highest BCUT2D eigenvalue weighted by atomic mass is 35.5. The van der Waals surface area contributed by atoms with E-state index in [9.17, 15) is 28.3 Å². The van der Waals surface area contributed by atoms with E-state index in [4.69, 9.17) is 11.6 Å². The summed E-state index contributed by atoms with van der Waals surface area (Å²) in [5, 5.41) is 12.0. The van der Waals surface area contributed by atoms with Gasteiger partial charge in [-0.25, -0.2) is 13.6 Å². The van der Waals surface area contributed by atoms with E-state index in [0.717, 1.165) is 17.0 Å². The minimum absolute atomic E-state index is 0.0614. The topological polar surface area (TPSA) is 105 Å². The lowest BCUT2D eigenvalue weighted by molar-refractivity contribution is -0.116. The maximum Gasteiger partial charge on any atom is 0.411 e. The fraction of sp³-hybridized carbons (Fsp3) is 0.200. The van der Waals surface area contributed by atoms with Crippen LogP contribution in [0.15, 0.2) is 71.8 Å². The summed E-state index contributed by atoms with van der Waals surface area (Å²) in [6.07, 6.45) is 3.75. The molecular weight excluding hydrogens is 554 g/mol. The van der Waals surface area contributed by atoms with Crippen molar-refractivity contribution < 1.29 is 23.5 Å². The molecule has 1 atom stereocenters. The third-order valence-electron chi connectivity index (χ3n) is 7.13. The Bertz CT molecular complexity index is 1730. The number of halogens is 3. The lowest BCUT2D eigenvalue weighted by Gasteiger charge is -2.22. The number of rotatable bonds is 3. The molecule has 41 heavy (non-hydrogen) atoms. The van der Waals surface area contributed by atoms with E-state index in [1.165, 1.54) is 29.9 Å². The zero-order valence-electron chi connectivity index (χ0n) is 21.9. The Morgan fingerprint density at radius 1 is 1.07 bits per heavy atom. The Kier molecular flexibility index (Phi) is 7.85. The fourth-order valence-corrected chi connectivity index (χ4v) is 5.12. The monoisotopic (exact) mass is 578 g/mol. The molecule has 3 heterocycles. The highest BCUT2D eigenvalue weighted by Crippen LogP contribution is 2.35. The molecule has 5 rings (SSSR count). The Labute approximate surface area is 238 Å². The number of carbonyl (C=O) groups excluding carboxylic acids is 1. The molecule has 2 N–H and O–H groups in total. The standard InChI is InChI=1S/C30H25ClF2N4O4/c1-36(30(40)41)19-6-7-20-17-10-12-34-24(14-17)25(4-2-3-5-26(38)35-23(20)16-19)37-13-11-18(15-27(37)39)28-22(32)9-8-21(31)29(28)33/h6-16,25H,2-5H2,1H3,(H,35,38)(H,40,41)/t25-/m0/s1. The summed E-state index contributed by atoms with van der Waals surface area (Å²) in [5.74, 6) is -2.00. The normalized spacial score (nSPS) is 15.2. The third-order valence-corrected chi connectivity index (χ3v) is 7.42. The van der Waals surface area contributed by atoms with Gasteiger partial charge in [0, 0.05) is 43.2 Å². The van der Waals surface area contributed by atoms with Gasteiger partial charge in [-0.3, -0.25) is 19.5 Å². The van der Waals surface area contributed by atoms with Crippen LogP contribution in [0.2, 0.25) is 5.02 Å². The van der Waals surface area contributed by atoms with Crippen LogP contribution in [0.1, 0.15) is 37.4 Å².